The van der Waals surface area contributed by atoms with Crippen LogP contribution in [0.2, 0.25) is 0 Å². The third-order valence-corrected chi connectivity index (χ3v) is 3.12. The van der Waals surface area contributed by atoms with Crippen molar-refractivity contribution >= 4 is 5.69 Å². The highest BCUT2D eigenvalue weighted by molar-refractivity contribution is 5.71. The summed E-state index contributed by atoms with van der Waals surface area (Å²) in [4.78, 5) is 0. The minimum absolute atomic E-state index is 0.0715. The molecule has 0 radical (unpaired) electrons. The summed E-state index contributed by atoms with van der Waals surface area (Å²) in [6.45, 7) is 0. The Hall–Kier alpha value is -3.75. The van der Waals surface area contributed by atoms with E-state index in [1.165, 1.54) is 0 Å². The summed E-state index contributed by atoms with van der Waals surface area (Å²) in [6, 6.07) is 20.2. The van der Waals surface area contributed by atoms with Crippen LogP contribution in [0.15, 0.2) is 59.8 Å². The van der Waals surface area contributed by atoms with Crippen LogP contribution in [0.4, 0.5) is 5.69 Å². The van der Waals surface area contributed by atoms with E-state index >= 15 is 0 Å². The molecule has 0 atom stereocenters. The summed E-state index contributed by atoms with van der Waals surface area (Å²) < 4.78 is 5.21. The monoisotopic (exact) mass is 300 g/mol. The number of ether oxygens (including phenoxy) is 1. The van der Waals surface area contributed by atoms with Gasteiger partial charge in [0.05, 0.1) is 7.11 Å². The number of methoxy groups -OCH3 is 1. The average molecular weight is 300 g/mol. The summed E-state index contributed by atoms with van der Waals surface area (Å²) in [7, 11) is 1.60. The van der Waals surface area contributed by atoms with Gasteiger partial charge in [-0.1, -0.05) is 24.3 Å². The number of nitriles is 3. The maximum absolute atomic E-state index is 9.09. The lowest BCUT2D eigenvalue weighted by molar-refractivity contribution is 0.415. The van der Waals surface area contributed by atoms with E-state index < -0.39 is 0 Å². The molecule has 0 amide bonds. The second-order valence-corrected chi connectivity index (χ2v) is 4.52. The average Bonchev–Trinajstić information content (AvgIpc) is 2.62. The molecule has 0 aliphatic carbocycles. The van der Waals surface area contributed by atoms with Crippen molar-refractivity contribution in [2.24, 2.45) is 0 Å². The molecule has 23 heavy (non-hydrogen) atoms. The second kappa shape index (κ2) is 7.31. The van der Waals surface area contributed by atoms with Crippen molar-refractivity contribution < 1.29 is 4.74 Å². The number of nitrogens with zero attached hydrogens (tertiary/aromatic N) is 3. The van der Waals surface area contributed by atoms with Crippen molar-refractivity contribution in [2.45, 2.75) is 0 Å². The van der Waals surface area contributed by atoms with Crippen LogP contribution >= 0.6 is 0 Å². The van der Waals surface area contributed by atoms with Gasteiger partial charge < -0.3 is 10.1 Å². The number of hydrogen-bond donors (Lipinski definition) is 1. The molecular formula is C18H12N4O. The third kappa shape index (κ3) is 3.67. The Labute approximate surface area is 134 Å². The number of benzene rings is 2. The smallest absolute Gasteiger partial charge is 0.163 e. The first-order chi connectivity index (χ1) is 11.2. The molecule has 1 N–H and O–H groups in total. The highest BCUT2D eigenvalue weighted by Crippen LogP contribution is 2.26. The standard InChI is InChI=1S/C18H12N4O/c1-23-17-7-3-5-14(9-17)13-4-2-6-16(8-13)22-18(12-21)15(10-19)11-20/h2-9,22H,1H3. The Balaban J connectivity index is 2.38. The minimum Gasteiger partial charge on any atom is -0.497 e. The summed E-state index contributed by atoms with van der Waals surface area (Å²) in [6.07, 6.45) is 0. The molecule has 0 heterocycles. The van der Waals surface area contributed by atoms with Crippen LogP contribution in [-0.2, 0) is 0 Å². The van der Waals surface area contributed by atoms with Gasteiger partial charge in [0.25, 0.3) is 0 Å². The second-order valence-electron chi connectivity index (χ2n) is 4.52. The number of nitrogens with one attached hydrogen (secondary N) is 1. The van der Waals surface area contributed by atoms with Crippen LogP contribution in [0.5, 0.6) is 5.75 Å². The van der Waals surface area contributed by atoms with E-state index in [1.807, 2.05) is 48.5 Å². The number of rotatable bonds is 4. The van der Waals surface area contributed by atoms with Crippen molar-refractivity contribution in [3.05, 3.63) is 59.8 Å². The Morgan fingerprint density at radius 2 is 1.57 bits per heavy atom. The van der Waals surface area contributed by atoms with Crippen LogP contribution in [-0.4, -0.2) is 7.11 Å². The van der Waals surface area contributed by atoms with Crippen LogP contribution in [0.25, 0.3) is 11.1 Å². The molecule has 0 bridgehead atoms. The predicted molar refractivity (Wildman–Crippen MR) is 85.9 cm³/mol. The molecule has 5 nitrogen and oxygen atoms in total. The van der Waals surface area contributed by atoms with E-state index in [0.29, 0.717) is 5.69 Å². The topological polar surface area (TPSA) is 92.6 Å². The fourth-order valence-electron chi connectivity index (χ4n) is 2.01. The largest absolute Gasteiger partial charge is 0.497 e. The van der Waals surface area contributed by atoms with Gasteiger partial charge in [-0.05, 0) is 35.4 Å². The molecule has 0 saturated heterocycles. The Kier molecular flexibility index (Phi) is 4.97. The first kappa shape index (κ1) is 15.6. The summed E-state index contributed by atoms with van der Waals surface area (Å²) in [5, 5.41) is 29.6. The maximum Gasteiger partial charge on any atom is 0.163 e. The molecule has 5 heteroatoms. The lowest BCUT2D eigenvalue weighted by Gasteiger charge is -2.08. The van der Waals surface area contributed by atoms with Crippen LogP contribution in [0, 0.1) is 34.0 Å². The molecular weight excluding hydrogens is 288 g/mol. The third-order valence-electron chi connectivity index (χ3n) is 3.12. The normalized spacial score (nSPS) is 8.96. The van der Waals surface area contributed by atoms with Gasteiger partial charge in [0, 0.05) is 5.69 Å². The number of allylic oxidation sites excluding steroid dienone is 2. The van der Waals surface area contributed by atoms with Crippen molar-refractivity contribution in [1.29, 1.82) is 15.8 Å². The van der Waals surface area contributed by atoms with Gasteiger partial charge in [-0.25, -0.2) is 0 Å². The fourth-order valence-corrected chi connectivity index (χ4v) is 2.01. The van der Waals surface area contributed by atoms with Crippen LogP contribution < -0.4 is 10.1 Å². The van der Waals surface area contributed by atoms with Gasteiger partial charge in [0.15, 0.2) is 5.57 Å². The molecule has 0 aromatic heterocycles. The van der Waals surface area contributed by atoms with Crippen molar-refractivity contribution in [1.82, 2.24) is 0 Å². The molecule has 0 aliphatic rings. The van der Waals surface area contributed by atoms with Crippen molar-refractivity contribution in [3.8, 4) is 35.1 Å². The van der Waals surface area contributed by atoms with E-state index in [-0.39, 0.29) is 11.3 Å². The van der Waals surface area contributed by atoms with Crippen LogP contribution in [0.1, 0.15) is 0 Å². The summed E-state index contributed by atoms with van der Waals surface area (Å²) in [5.41, 5.74) is 2.17. The van der Waals surface area contributed by atoms with E-state index in [1.54, 1.807) is 25.3 Å². The van der Waals surface area contributed by atoms with Gasteiger partial charge in [0.2, 0.25) is 0 Å². The van der Waals surface area contributed by atoms with Gasteiger partial charge in [-0.3, -0.25) is 0 Å². The molecule has 110 valence electrons. The van der Waals surface area contributed by atoms with Gasteiger partial charge in [-0.15, -0.1) is 0 Å². The highest BCUT2D eigenvalue weighted by Gasteiger charge is 2.07. The zero-order valence-corrected chi connectivity index (χ0v) is 12.4. The molecule has 0 aliphatic heterocycles. The van der Waals surface area contributed by atoms with Gasteiger partial charge in [-0.2, -0.15) is 15.8 Å². The zero-order valence-electron chi connectivity index (χ0n) is 12.4. The molecule has 0 spiro atoms. The van der Waals surface area contributed by atoms with E-state index in [0.717, 1.165) is 16.9 Å². The minimum atomic E-state index is -0.251. The summed E-state index contributed by atoms with van der Waals surface area (Å²) in [5.74, 6) is 0.745. The molecule has 2 aromatic rings. The SMILES string of the molecule is COc1cccc(-c2cccc(NC(C#N)=C(C#N)C#N)c2)c1. The van der Waals surface area contributed by atoms with Gasteiger partial charge >= 0.3 is 0 Å². The molecule has 0 saturated carbocycles. The van der Waals surface area contributed by atoms with E-state index in [9.17, 15) is 0 Å². The molecule has 0 fully saturated rings. The molecule has 0 unspecified atom stereocenters. The van der Waals surface area contributed by atoms with Crippen molar-refractivity contribution in [2.75, 3.05) is 12.4 Å². The van der Waals surface area contributed by atoms with Gasteiger partial charge in [0.1, 0.15) is 29.7 Å². The van der Waals surface area contributed by atoms with Crippen molar-refractivity contribution in [3.63, 3.8) is 0 Å². The van der Waals surface area contributed by atoms with E-state index in [2.05, 4.69) is 5.32 Å². The molecule has 2 rings (SSSR count). The zero-order chi connectivity index (χ0) is 16.7. The Morgan fingerprint density at radius 1 is 0.913 bits per heavy atom. The predicted octanol–water partition coefficient (Wildman–Crippen LogP) is 3.60. The van der Waals surface area contributed by atoms with E-state index in [4.69, 9.17) is 20.5 Å². The highest BCUT2D eigenvalue weighted by atomic mass is 16.5. The summed E-state index contributed by atoms with van der Waals surface area (Å²) >= 11 is 0. The quantitative estimate of drug-likeness (QED) is 0.871. The molecule has 2 aromatic carbocycles. The maximum atomic E-state index is 9.09. The fraction of sp³-hybridized carbons (Fsp3) is 0.0556. The number of hydrogen-bond acceptors (Lipinski definition) is 5. The first-order valence-electron chi connectivity index (χ1n) is 6.68. The number of anilines is 1. The Morgan fingerprint density at radius 3 is 2.17 bits per heavy atom. The lowest BCUT2D eigenvalue weighted by Crippen LogP contribution is -2.00. The first-order valence-corrected chi connectivity index (χ1v) is 6.68. The lowest BCUT2D eigenvalue weighted by atomic mass is 10.0. The Bertz CT molecular complexity index is 863. The van der Waals surface area contributed by atoms with Crippen LogP contribution in [0.3, 0.4) is 0 Å².